The fourth-order valence-electron chi connectivity index (χ4n) is 3.11. The van der Waals surface area contributed by atoms with E-state index in [0.717, 1.165) is 43.1 Å². The number of carbonyl (C=O) groups excluding carboxylic acids is 1. The second kappa shape index (κ2) is 12.2. The van der Waals surface area contributed by atoms with Crippen LogP contribution in [0, 0.1) is 5.92 Å². The first-order valence-corrected chi connectivity index (χ1v) is 9.43. The Morgan fingerprint density at radius 1 is 1.37 bits per heavy atom. The van der Waals surface area contributed by atoms with Crippen molar-refractivity contribution in [3.05, 3.63) is 35.4 Å². The van der Waals surface area contributed by atoms with Gasteiger partial charge in [0.25, 0.3) is 0 Å². The lowest BCUT2D eigenvalue weighted by molar-refractivity contribution is -0.133. The summed E-state index contributed by atoms with van der Waals surface area (Å²) in [5.41, 5.74) is 2.30. The minimum atomic E-state index is 0. The summed E-state index contributed by atoms with van der Waals surface area (Å²) >= 11 is 0. The third kappa shape index (κ3) is 7.65. The highest BCUT2D eigenvalue weighted by atomic mass is 127. The standard InChI is InChI=1S/C20H32N4O2.HI/c1-5-21-20(22-12-16-7-6-8-17(11-16)14-26-4)23-18-9-10-24(13-18)19(25)15(2)3;/h6-8,11,15,18H,5,9-10,12-14H2,1-4H3,(H2,21,22,23);1H. The molecule has 1 atom stereocenters. The van der Waals surface area contributed by atoms with Crippen LogP contribution in [0.25, 0.3) is 0 Å². The molecule has 1 fully saturated rings. The summed E-state index contributed by atoms with van der Waals surface area (Å²) < 4.78 is 5.19. The second-order valence-electron chi connectivity index (χ2n) is 7.02. The average Bonchev–Trinajstić information content (AvgIpc) is 3.08. The first kappa shape index (κ1) is 23.7. The van der Waals surface area contributed by atoms with Gasteiger partial charge in [0.1, 0.15) is 0 Å². The number of rotatable bonds is 7. The lowest BCUT2D eigenvalue weighted by atomic mass is 10.1. The third-order valence-corrected chi connectivity index (χ3v) is 4.40. The first-order valence-electron chi connectivity index (χ1n) is 9.43. The van der Waals surface area contributed by atoms with E-state index in [1.165, 1.54) is 0 Å². The summed E-state index contributed by atoms with van der Waals surface area (Å²) in [7, 11) is 1.70. The summed E-state index contributed by atoms with van der Waals surface area (Å²) in [4.78, 5) is 18.8. The number of aliphatic imine (C=N–C) groups is 1. The molecule has 1 aliphatic heterocycles. The van der Waals surface area contributed by atoms with Gasteiger partial charge in [-0.25, -0.2) is 4.99 Å². The molecule has 2 N–H and O–H groups in total. The number of halogens is 1. The molecule has 1 heterocycles. The van der Waals surface area contributed by atoms with Crippen molar-refractivity contribution in [3.8, 4) is 0 Å². The van der Waals surface area contributed by atoms with Gasteiger partial charge in [0.2, 0.25) is 5.91 Å². The van der Waals surface area contributed by atoms with Crippen molar-refractivity contribution in [2.75, 3.05) is 26.7 Å². The minimum Gasteiger partial charge on any atom is -0.380 e. The van der Waals surface area contributed by atoms with E-state index in [1.807, 2.05) is 24.8 Å². The van der Waals surface area contributed by atoms with E-state index in [2.05, 4.69) is 35.8 Å². The van der Waals surface area contributed by atoms with E-state index in [0.29, 0.717) is 13.2 Å². The first-order chi connectivity index (χ1) is 12.5. The molecule has 0 bridgehead atoms. The van der Waals surface area contributed by atoms with Crippen LogP contribution in [0.4, 0.5) is 0 Å². The molecule has 6 nitrogen and oxygen atoms in total. The summed E-state index contributed by atoms with van der Waals surface area (Å²) in [5, 5.41) is 6.77. The Morgan fingerprint density at radius 3 is 2.78 bits per heavy atom. The maximum absolute atomic E-state index is 12.1. The zero-order valence-electron chi connectivity index (χ0n) is 16.8. The predicted octanol–water partition coefficient (Wildman–Crippen LogP) is 2.76. The molecule has 0 spiro atoms. The van der Waals surface area contributed by atoms with Crippen molar-refractivity contribution >= 4 is 35.8 Å². The second-order valence-corrected chi connectivity index (χ2v) is 7.02. The summed E-state index contributed by atoms with van der Waals surface area (Å²) in [6.45, 7) is 9.53. The third-order valence-electron chi connectivity index (χ3n) is 4.40. The Morgan fingerprint density at radius 2 is 2.11 bits per heavy atom. The summed E-state index contributed by atoms with van der Waals surface area (Å²) in [5.74, 6) is 1.08. The molecule has 2 rings (SSSR count). The molecular formula is C20H33IN4O2. The van der Waals surface area contributed by atoms with Gasteiger partial charge in [-0.3, -0.25) is 4.79 Å². The molecule has 1 saturated heterocycles. The lowest BCUT2D eigenvalue weighted by Crippen LogP contribution is -2.45. The van der Waals surface area contributed by atoms with Crippen molar-refractivity contribution < 1.29 is 9.53 Å². The van der Waals surface area contributed by atoms with Gasteiger partial charge in [-0.15, -0.1) is 24.0 Å². The average molecular weight is 488 g/mol. The number of hydrogen-bond donors (Lipinski definition) is 2. The van der Waals surface area contributed by atoms with Crippen molar-refractivity contribution in [2.24, 2.45) is 10.9 Å². The zero-order chi connectivity index (χ0) is 18.9. The van der Waals surface area contributed by atoms with Crippen molar-refractivity contribution in [1.29, 1.82) is 0 Å². The van der Waals surface area contributed by atoms with Crippen LogP contribution < -0.4 is 10.6 Å². The Kier molecular flexibility index (Phi) is 10.7. The number of carbonyl (C=O) groups is 1. The summed E-state index contributed by atoms with van der Waals surface area (Å²) in [6, 6.07) is 8.53. The highest BCUT2D eigenvalue weighted by molar-refractivity contribution is 14.0. The fourth-order valence-corrected chi connectivity index (χ4v) is 3.11. The maximum atomic E-state index is 12.1. The number of amides is 1. The molecule has 7 heteroatoms. The topological polar surface area (TPSA) is 66.0 Å². The number of guanidine groups is 1. The van der Waals surface area contributed by atoms with Crippen molar-refractivity contribution in [3.63, 3.8) is 0 Å². The van der Waals surface area contributed by atoms with Gasteiger partial charge in [0.05, 0.1) is 13.2 Å². The Balaban J connectivity index is 0.00000364. The Hall–Kier alpha value is -1.35. The number of methoxy groups -OCH3 is 1. The van der Waals surface area contributed by atoms with Crippen LogP contribution in [0.2, 0.25) is 0 Å². The van der Waals surface area contributed by atoms with Crippen molar-refractivity contribution in [2.45, 2.75) is 46.4 Å². The van der Waals surface area contributed by atoms with Gasteiger partial charge >= 0.3 is 0 Å². The van der Waals surface area contributed by atoms with Gasteiger partial charge in [-0.05, 0) is 24.5 Å². The smallest absolute Gasteiger partial charge is 0.225 e. The number of nitrogens with one attached hydrogen (secondary N) is 2. The van der Waals surface area contributed by atoms with E-state index < -0.39 is 0 Å². The molecule has 0 aliphatic carbocycles. The van der Waals surface area contributed by atoms with E-state index in [9.17, 15) is 4.79 Å². The largest absolute Gasteiger partial charge is 0.380 e. The molecule has 0 aromatic heterocycles. The van der Waals surface area contributed by atoms with Gasteiger partial charge in [-0.2, -0.15) is 0 Å². The molecule has 1 aliphatic rings. The van der Waals surface area contributed by atoms with Crippen LogP contribution >= 0.6 is 24.0 Å². The number of benzene rings is 1. The van der Waals surface area contributed by atoms with Crippen LogP contribution in [0.15, 0.2) is 29.3 Å². The van der Waals surface area contributed by atoms with E-state index in [1.54, 1.807) is 7.11 Å². The van der Waals surface area contributed by atoms with Gasteiger partial charge in [-0.1, -0.05) is 38.1 Å². The lowest BCUT2D eigenvalue weighted by Gasteiger charge is -2.20. The van der Waals surface area contributed by atoms with E-state index in [-0.39, 0.29) is 41.8 Å². The van der Waals surface area contributed by atoms with Gasteiger partial charge in [0, 0.05) is 38.7 Å². The SMILES string of the molecule is CCNC(=NCc1cccc(COC)c1)NC1CCN(C(=O)C(C)C)C1.I. The number of nitrogens with zero attached hydrogens (tertiary/aromatic N) is 2. The molecular weight excluding hydrogens is 455 g/mol. The molecule has 27 heavy (non-hydrogen) atoms. The highest BCUT2D eigenvalue weighted by Crippen LogP contribution is 2.13. The van der Waals surface area contributed by atoms with Crippen LogP contribution in [0.3, 0.4) is 0 Å². The molecule has 1 aromatic carbocycles. The number of ether oxygens (including phenoxy) is 1. The van der Waals surface area contributed by atoms with E-state index >= 15 is 0 Å². The molecule has 152 valence electrons. The van der Waals surface area contributed by atoms with Gasteiger partial charge < -0.3 is 20.3 Å². The van der Waals surface area contributed by atoms with Crippen LogP contribution in [-0.4, -0.2) is 49.6 Å². The molecule has 1 amide bonds. The Bertz CT molecular complexity index is 622. The quantitative estimate of drug-likeness (QED) is 0.352. The molecule has 0 saturated carbocycles. The minimum absolute atomic E-state index is 0. The predicted molar refractivity (Wildman–Crippen MR) is 120 cm³/mol. The molecule has 1 aromatic rings. The normalized spacial score (nSPS) is 17.0. The highest BCUT2D eigenvalue weighted by Gasteiger charge is 2.27. The van der Waals surface area contributed by atoms with Crippen molar-refractivity contribution in [1.82, 2.24) is 15.5 Å². The van der Waals surface area contributed by atoms with Crippen LogP contribution in [0.1, 0.15) is 38.3 Å². The van der Waals surface area contributed by atoms with Crippen LogP contribution in [0.5, 0.6) is 0 Å². The van der Waals surface area contributed by atoms with Crippen LogP contribution in [-0.2, 0) is 22.7 Å². The molecule has 1 unspecified atom stereocenters. The Labute approximate surface area is 180 Å². The number of likely N-dealkylation sites (tertiary alicyclic amines) is 1. The zero-order valence-corrected chi connectivity index (χ0v) is 19.2. The maximum Gasteiger partial charge on any atom is 0.225 e. The van der Waals surface area contributed by atoms with Gasteiger partial charge in [0.15, 0.2) is 5.96 Å². The number of hydrogen-bond acceptors (Lipinski definition) is 3. The fraction of sp³-hybridized carbons (Fsp3) is 0.600. The summed E-state index contributed by atoms with van der Waals surface area (Å²) in [6.07, 6.45) is 0.951. The molecule has 0 radical (unpaired) electrons. The van der Waals surface area contributed by atoms with E-state index in [4.69, 9.17) is 9.73 Å². The monoisotopic (exact) mass is 488 g/mol.